The second-order valence-corrected chi connectivity index (χ2v) is 7.34. The number of hydrogen-bond acceptors (Lipinski definition) is 5. The normalized spacial score (nSPS) is 13.5. The third-order valence-electron chi connectivity index (χ3n) is 5.28. The Morgan fingerprint density at radius 3 is 2.57 bits per heavy atom. The molecule has 2 aromatic heterocycles. The quantitative estimate of drug-likeness (QED) is 0.459. The number of fused-ring (bicyclic) bond motifs is 1. The van der Waals surface area contributed by atoms with Gasteiger partial charge in [0.25, 0.3) is 5.91 Å². The average Bonchev–Trinajstić information content (AvgIpc) is 3.46. The van der Waals surface area contributed by atoms with Crippen LogP contribution in [0.3, 0.4) is 0 Å². The van der Waals surface area contributed by atoms with Crippen LogP contribution in [0.25, 0.3) is 10.9 Å². The molecule has 4 aromatic rings. The van der Waals surface area contributed by atoms with E-state index >= 15 is 0 Å². The number of nitrogens with one attached hydrogen (secondary N) is 3. The van der Waals surface area contributed by atoms with Gasteiger partial charge in [0.15, 0.2) is 0 Å². The maximum absolute atomic E-state index is 12.7. The summed E-state index contributed by atoms with van der Waals surface area (Å²) in [5.41, 5.74) is 3.20. The van der Waals surface area contributed by atoms with Crippen molar-refractivity contribution in [2.24, 2.45) is 0 Å². The molecular weight excluding hydrogens is 376 g/mol. The molecule has 3 N–H and O–H groups in total. The summed E-state index contributed by atoms with van der Waals surface area (Å²) in [5, 5.41) is 7.17. The first-order valence-corrected chi connectivity index (χ1v) is 10.1. The lowest BCUT2D eigenvalue weighted by atomic mass is 10.1. The van der Waals surface area contributed by atoms with E-state index in [1.165, 1.54) is 12.8 Å². The monoisotopic (exact) mass is 398 g/mol. The topological polar surface area (TPSA) is 85.9 Å². The van der Waals surface area contributed by atoms with Crippen molar-refractivity contribution >= 4 is 40.0 Å². The molecule has 1 saturated heterocycles. The van der Waals surface area contributed by atoms with Crippen LogP contribution in [-0.2, 0) is 0 Å². The van der Waals surface area contributed by atoms with E-state index in [0.717, 1.165) is 47.1 Å². The molecule has 0 unspecified atom stereocenters. The van der Waals surface area contributed by atoms with Gasteiger partial charge in [-0.1, -0.05) is 18.2 Å². The number of nitrogens with zero attached hydrogens (tertiary/aromatic N) is 3. The summed E-state index contributed by atoms with van der Waals surface area (Å²) in [6.45, 7) is 2.02. The van der Waals surface area contributed by atoms with Gasteiger partial charge in [-0.15, -0.1) is 0 Å². The number of para-hydroxylation sites is 1. The third kappa shape index (κ3) is 3.69. The molecule has 0 radical (unpaired) electrons. The SMILES string of the molecule is O=C(Nc1ccc(Nc2ccnc(N3CCCC3)n2)cc1)c1c[nH]c2ccccc12. The van der Waals surface area contributed by atoms with Crippen molar-refractivity contribution in [2.75, 3.05) is 28.6 Å². The minimum Gasteiger partial charge on any atom is -0.360 e. The van der Waals surface area contributed by atoms with Gasteiger partial charge in [0.2, 0.25) is 5.95 Å². The Morgan fingerprint density at radius 1 is 0.967 bits per heavy atom. The predicted octanol–water partition coefficient (Wildman–Crippen LogP) is 4.55. The molecule has 5 rings (SSSR count). The van der Waals surface area contributed by atoms with E-state index in [-0.39, 0.29) is 5.91 Å². The summed E-state index contributed by atoms with van der Waals surface area (Å²) in [5.74, 6) is 1.38. The number of aromatic amines is 1. The van der Waals surface area contributed by atoms with Crippen molar-refractivity contribution in [3.05, 3.63) is 72.6 Å². The minimum atomic E-state index is -0.140. The third-order valence-corrected chi connectivity index (χ3v) is 5.28. The first-order chi connectivity index (χ1) is 14.8. The standard InChI is InChI=1S/C23H22N6O/c30-22(19-15-25-20-6-2-1-5-18(19)20)27-17-9-7-16(8-10-17)26-21-11-12-24-23(28-21)29-13-3-4-14-29/h1-2,5-12,15,25H,3-4,13-14H2,(H,27,30)(H,24,26,28). The Labute approximate surface area is 174 Å². The molecule has 7 nitrogen and oxygen atoms in total. The molecule has 3 heterocycles. The summed E-state index contributed by atoms with van der Waals surface area (Å²) in [4.78, 5) is 27.0. The fourth-order valence-electron chi connectivity index (χ4n) is 3.73. The van der Waals surface area contributed by atoms with Crippen LogP contribution in [0, 0.1) is 0 Å². The van der Waals surface area contributed by atoms with Gasteiger partial charge in [-0.2, -0.15) is 4.98 Å². The highest BCUT2D eigenvalue weighted by Gasteiger charge is 2.15. The molecule has 1 amide bonds. The van der Waals surface area contributed by atoms with Gasteiger partial charge in [-0.05, 0) is 49.2 Å². The number of rotatable bonds is 5. The van der Waals surface area contributed by atoms with Gasteiger partial charge in [-0.25, -0.2) is 4.98 Å². The Hall–Kier alpha value is -3.87. The summed E-state index contributed by atoms with van der Waals surface area (Å²) in [7, 11) is 0. The number of amides is 1. The van der Waals surface area contributed by atoms with Crippen LogP contribution in [0.1, 0.15) is 23.2 Å². The highest BCUT2D eigenvalue weighted by molar-refractivity contribution is 6.12. The van der Waals surface area contributed by atoms with Gasteiger partial charge in [0.05, 0.1) is 5.56 Å². The lowest BCUT2D eigenvalue weighted by Crippen LogP contribution is -2.20. The zero-order chi connectivity index (χ0) is 20.3. The lowest BCUT2D eigenvalue weighted by molar-refractivity contribution is 0.102. The Bertz CT molecular complexity index is 1180. The number of carbonyl (C=O) groups excluding carboxylic acids is 1. The summed E-state index contributed by atoms with van der Waals surface area (Å²) in [6, 6.07) is 17.2. The number of anilines is 4. The number of carbonyl (C=O) groups is 1. The zero-order valence-electron chi connectivity index (χ0n) is 16.4. The van der Waals surface area contributed by atoms with Crippen LogP contribution in [0.5, 0.6) is 0 Å². The van der Waals surface area contributed by atoms with E-state index in [4.69, 9.17) is 0 Å². The summed E-state index contributed by atoms with van der Waals surface area (Å²) in [6.07, 6.45) is 5.89. The Balaban J connectivity index is 1.27. The highest BCUT2D eigenvalue weighted by Crippen LogP contribution is 2.22. The molecule has 0 spiro atoms. The molecule has 0 saturated carbocycles. The number of H-pyrrole nitrogens is 1. The minimum absolute atomic E-state index is 0.140. The molecule has 1 aliphatic heterocycles. The summed E-state index contributed by atoms with van der Waals surface area (Å²) < 4.78 is 0. The fourth-order valence-corrected chi connectivity index (χ4v) is 3.73. The van der Waals surface area contributed by atoms with Crippen molar-refractivity contribution < 1.29 is 4.79 Å². The van der Waals surface area contributed by atoms with Crippen molar-refractivity contribution in [2.45, 2.75) is 12.8 Å². The van der Waals surface area contributed by atoms with Gasteiger partial charge < -0.3 is 20.5 Å². The van der Waals surface area contributed by atoms with Crippen LogP contribution < -0.4 is 15.5 Å². The Morgan fingerprint density at radius 2 is 1.73 bits per heavy atom. The van der Waals surface area contributed by atoms with Crippen LogP contribution in [0.2, 0.25) is 0 Å². The van der Waals surface area contributed by atoms with Gasteiger partial charge in [0, 0.05) is 47.8 Å². The van der Waals surface area contributed by atoms with E-state index < -0.39 is 0 Å². The summed E-state index contributed by atoms with van der Waals surface area (Å²) >= 11 is 0. The molecule has 0 aliphatic carbocycles. The fraction of sp³-hybridized carbons (Fsp3) is 0.174. The molecule has 150 valence electrons. The zero-order valence-corrected chi connectivity index (χ0v) is 16.4. The maximum atomic E-state index is 12.7. The molecular formula is C23H22N6O. The van der Waals surface area contributed by atoms with Crippen molar-refractivity contribution in [1.82, 2.24) is 15.0 Å². The second kappa shape index (κ2) is 7.87. The van der Waals surface area contributed by atoms with Gasteiger partial charge >= 0.3 is 0 Å². The lowest BCUT2D eigenvalue weighted by Gasteiger charge is -2.15. The molecule has 2 aromatic carbocycles. The van der Waals surface area contributed by atoms with E-state index in [1.807, 2.05) is 54.6 Å². The smallest absolute Gasteiger partial charge is 0.257 e. The molecule has 30 heavy (non-hydrogen) atoms. The van der Waals surface area contributed by atoms with E-state index in [0.29, 0.717) is 5.56 Å². The molecule has 1 aliphatic rings. The van der Waals surface area contributed by atoms with Crippen LogP contribution in [-0.4, -0.2) is 33.9 Å². The molecule has 0 bridgehead atoms. The predicted molar refractivity (Wildman–Crippen MR) is 119 cm³/mol. The van der Waals surface area contributed by atoms with Crippen molar-refractivity contribution in [1.29, 1.82) is 0 Å². The van der Waals surface area contributed by atoms with Gasteiger partial charge in [-0.3, -0.25) is 4.79 Å². The van der Waals surface area contributed by atoms with Gasteiger partial charge in [0.1, 0.15) is 5.82 Å². The number of aromatic nitrogens is 3. The van der Waals surface area contributed by atoms with Crippen molar-refractivity contribution in [3.8, 4) is 0 Å². The Kier molecular flexibility index (Phi) is 4.77. The first-order valence-electron chi connectivity index (χ1n) is 10.1. The first kappa shape index (κ1) is 18.2. The molecule has 1 fully saturated rings. The van der Waals surface area contributed by atoms with E-state index in [1.54, 1.807) is 12.4 Å². The second-order valence-electron chi connectivity index (χ2n) is 7.34. The number of benzene rings is 2. The largest absolute Gasteiger partial charge is 0.360 e. The van der Waals surface area contributed by atoms with Crippen LogP contribution in [0.15, 0.2) is 67.0 Å². The van der Waals surface area contributed by atoms with E-state index in [2.05, 4.69) is 30.5 Å². The number of hydrogen-bond donors (Lipinski definition) is 3. The average molecular weight is 398 g/mol. The van der Waals surface area contributed by atoms with E-state index in [9.17, 15) is 4.79 Å². The molecule has 0 atom stereocenters. The van der Waals surface area contributed by atoms with Crippen LogP contribution in [0.4, 0.5) is 23.1 Å². The maximum Gasteiger partial charge on any atom is 0.257 e. The molecule has 7 heteroatoms. The van der Waals surface area contributed by atoms with Crippen LogP contribution >= 0.6 is 0 Å². The van der Waals surface area contributed by atoms with Crippen molar-refractivity contribution in [3.63, 3.8) is 0 Å². The highest BCUT2D eigenvalue weighted by atomic mass is 16.1.